The van der Waals surface area contributed by atoms with E-state index in [9.17, 15) is 5.11 Å². The van der Waals surface area contributed by atoms with E-state index in [2.05, 4.69) is 72.5 Å². The van der Waals surface area contributed by atoms with Gasteiger partial charge in [0.25, 0.3) is 0 Å². The highest BCUT2D eigenvalue weighted by atomic mass is 16.3. The highest BCUT2D eigenvalue weighted by Crippen LogP contribution is 2.35. The number of piperidine rings is 1. The molecule has 0 aliphatic carbocycles. The Bertz CT molecular complexity index is 529. The number of rotatable bonds is 4. The van der Waals surface area contributed by atoms with Crippen molar-refractivity contribution in [2.75, 3.05) is 13.1 Å². The van der Waals surface area contributed by atoms with Gasteiger partial charge in [0, 0.05) is 12.0 Å². The summed E-state index contributed by atoms with van der Waals surface area (Å²) in [5, 5.41) is 10.7. The Hall–Kier alpha value is -1.64. The molecule has 0 amide bonds. The van der Waals surface area contributed by atoms with Gasteiger partial charge in [-0.2, -0.15) is 0 Å². The third-order valence-corrected chi connectivity index (χ3v) is 4.83. The Morgan fingerprint density at radius 3 is 2.05 bits per heavy atom. The van der Waals surface area contributed by atoms with E-state index in [1.54, 1.807) is 0 Å². The van der Waals surface area contributed by atoms with Crippen LogP contribution < -0.4 is 0 Å². The van der Waals surface area contributed by atoms with Gasteiger partial charge in [0.2, 0.25) is 0 Å². The quantitative estimate of drug-likeness (QED) is 0.930. The average molecular weight is 295 g/mol. The first kappa shape index (κ1) is 15.3. The van der Waals surface area contributed by atoms with Crippen molar-refractivity contribution >= 4 is 0 Å². The molecular formula is C20H25NO. The van der Waals surface area contributed by atoms with E-state index in [0.717, 1.165) is 25.9 Å². The van der Waals surface area contributed by atoms with E-state index in [-0.39, 0.29) is 18.1 Å². The minimum Gasteiger partial charge on any atom is -0.391 e. The van der Waals surface area contributed by atoms with Gasteiger partial charge in [-0.1, -0.05) is 67.6 Å². The zero-order valence-electron chi connectivity index (χ0n) is 13.2. The number of nitrogens with zero attached hydrogens (tertiary/aromatic N) is 1. The summed E-state index contributed by atoms with van der Waals surface area (Å²) in [6, 6.07) is 21.4. The Balaban J connectivity index is 2.04. The summed E-state index contributed by atoms with van der Waals surface area (Å²) >= 11 is 0. The number of aliphatic hydroxyl groups excluding tert-OH is 1. The van der Waals surface area contributed by atoms with Gasteiger partial charge in [0.1, 0.15) is 0 Å². The molecule has 3 rings (SSSR count). The van der Waals surface area contributed by atoms with Crippen LogP contribution in [0.25, 0.3) is 0 Å². The highest BCUT2D eigenvalue weighted by Gasteiger charge is 2.36. The average Bonchev–Trinajstić information content (AvgIpc) is 2.58. The molecule has 1 heterocycles. The van der Waals surface area contributed by atoms with E-state index < -0.39 is 0 Å². The Labute approximate surface area is 133 Å². The van der Waals surface area contributed by atoms with Crippen molar-refractivity contribution in [3.63, 3.8) is 0 Å². The molecular weight excluding hydrogens is 270 g/mol. The number of likely N-dealkylation sites (tertiary alicyclic amines) is 1. The van der Waals surface area contributed by atoms with Crippen LogP contribution in [0.3, 0.4) is 0 Å². The largest absolute Gasteiger partial charge is 0.391 e. The van der Waals surface area contributed by atoms with E-state index in [1.165, 1.54) is 11.1 Å². The van der Waals surface area contributed by atoms with E-state index in [4.69, 9.17) is 0 Å². The SMILES string of the molecule is CCN1CCC[C@@H](O)[C@H]1C(c1ccccc1)c1ccccc1. The predicted octanol–water partition coefficient (Wildman–Crippen LogP) is 3.66. The molecule has 2 nitrogen and oxygen atoms in total. The Morgan fingerprint density at radius 1 is 1.00 bits per heavy atom. The molecule has 2 heteroatoms. The van der Waals surface area contributed by atoms with Crippen molar-refractivity contribution in [1.82, 2.24) is 4.90 Å². The monoisotopic (exact) mass is 295 g/mol. The Morgan fingerprint density at radius 2 is 1.55 bits per heavy atom. The normalized spacial score (nSPS) is 22.9. The molecule has 1 N–H and O–H groups in total. The number of benzene rings is 2. The molecule has 2 aromatic rings. The maximum Gasteiger partial charge on any atom is 0.0705 e. The van der Waals surface area contributed by atoms with Crippen LogP contribution in [0.2, 0.25) is 0 Å². The summed E-state index contributed by atoms with van der Waals surface area (Å²) in [4.78, 5) is 2.44. The lowest BCUT2D eigenvalue weighted by molar-refractivity contribution is 0.00585. The zero-order chi connectivity index (χ0) is 15.4. The van der Waals surface area contributed by atoms with Crippen LogP contribution >= 0.6 is 0 Å². The second-order valence-corrected chi connectivity index (χ2v) is 6.13. The van der Waals surface area contributed by atoms with Gasteiger partial charge in [-0.05, 0) is 37.1 Å². The topological polar surface area (TPSA) is 23.5 Å². The van der Waals surface area contributed by atoms with Crippen molar-refractivity contribution in [2.24, 2.45) is 0 Å². The zero-order valence-corrected chi connectivity index (χ0v) is 13.2. The van der Waals surface area contributed by atoms with Crippen LogP contribution in [0.4, 0.5) is 0 Å². The number of hydrogen-bond donors (Lipinski definition) is 1. The predicted molar refractivity (Wildman–Crippen MR) is 91.0 cm³/mol. The molecule has 2 aromatic carbocycles. The fourth-order valence-corrected chi connectivity index (χ4v) is 3.78. The molecule has 0 radical (unpaired) electrons. The number of likely N-dealkylation sites (N-methyl/N-ethyl adjacent to an activating group) is 1. The van der Waals surface area contributed by atoms with Crippen LogP contribution in [0, 0.1) is 0 Å². The summed E-state index contributed by atoms with van der Waals surface area (Å²) in [5.41, 5.74) is 2.58. The van der Waals surface area contributed by atoms with Crippen LogP contribution in [-0.4, -0.2) is 35.2 Å². The molecule has 0 saturated carbocycles. The molecule has 1 aliphatic heterocycles. The van der Waals surface area contributed by atoms with Crippen molar-refractivity contribution in [1.29, 1.82) is 0 Å². The first-order chi connectivity index (χ1) is 10.8. The maximum absolute atomic E-state index is 10.7. The number of hydrogen-bond acceptors (Lipinski definition) is 2. The molecule has 0 aromatic heterocycles. The lowest BCUT2D eigenvalue weighted by atomic mass is 9.79. The fourth-order valence-electron chi connectivity index (χ4n) is 3.78. The van der Waals surface area contributed by atoms with Crippen molar-refractivity contribution in [3.8, 4) is 0 Å². The highest BCUT2D eigenvalue weighted by molar-refractivity contribution is 5.35. The van der Waals surface area contributed by atoms with Gasteiger partial charge in [0.15, 0.2) is 0 Å². The molecule has 1 saturated heterocycles. The van der Waals surface area contributed by atoms with Gasteiger partial charge < -0.3 is 5.11 Å². The lowest BCUT2D eigenvalue weighted by Gasteiger charge is -2.43. The molecule has 116 valence electrons. The minimum atomic E-state index is -0.265. The van der Waals surface area contributed by atoms with Gasteiger partial charge in [0.05, 0.1) is 6.10 Å². The van der Waals surface area contributed by atoms with E-state index in [0.29, 0.717) is 0 Å². The molecule has 1 fully saturated rings. The smallest absolute Gasteiger partial charge is 0.0705 e. The molecule has 22 heavy (non-hydrogen) atoms. The second kappa shape index (κ2) is 7.08. The molecule has 0 bridgehead atoms. The molecule has 1 aliphatic rings. The minimum absolute atomic E-state index is 0.156. The first-order valence-electron chi connectivity index (χ1n) is 8.33. The second-order valence-electron chi connectivity index (χ2n) is 6.13. The third kappa shape index (κ3) is 3.08. The summed E-state index contributed by atoms with van der Waals surface area (Å²) in [6.07, 6.45) is 1.72. The van der Waals surface area contributed by atoms with Crippen molar-refractivity contribution in [3.05, 3.63) is 71.8 Å². The third-order valence-electron chi connectivity index (χ3n) is 4.83. The van der Waals surface area contributed by atoms with Crippen LogP contribution in [0.5, 0.6) is 0 Å². The Kier molecular flexibility index (Phi) is 4.91. The molecule has 0 spiro atoms. The lowest BCUT2D eigenvalue weighted by Crippen LogP contribution is -2.51. The van der Waals surface area contributed by atoms with Gasteiger partial charge in [-0.25, -0.2) is 0 Å². The number of aliphatic hydroxyl groups is 1. The fraction of sp³-hybridized carbons (Fsp3) is 0.400. The summed E-state index contributed by atoms with van der Waals surface area (Å²) in [5.74, 6) is 0.220. The van der Waals surface area contributed by atoms with Crippen molar-refractivity contribution < 1.29 is 5.11 Å². The van der Waals surface area contributed by atoms with Gasteiger partial charge in [-0.15, -0.1) is 0 Å². The molecule has 2 atom stereocenters. The van der Waals surface area contributed by atoms with Crippen LogP contribution in [0.15, 0.2) is 60.7 Å². The summed E-state index contributed by atoms with van der Waals surface area (Å²) in [7, 11) is 0. The van der Waals surface area contributed by atoms with Crippen LogP contribution in [0.1, 0.15) is 36.8 Å². The first-order valence-corrected chi connectivity index (χ1v) is 8.33. The van der Waals surface area contributed by atoms with Gasteiger partial charge >= 0.3 is 0 Å². The van der Waals surface area contributed by atoms with E-state index in [1.807, 2.05) is 0 Å². The summed E-state index contributed by atoms with van der Waals surface area (Å²) in [6.45, 7) is 4.25. The maximum atomic E-state index is 10.7. The molecule has 0 unspecified atom stereocenters. The standard InChI is InChI=1S/C20H25NO/c1-2-21-15-9-14-18(22)20(21)19(16-10-5-3-6-11-16)17-12-7-4-8-13-17/h3-8,10-13,18-20,22H,2,9,14-15H2,1H3/t18-,20+/m1/s1. The summed E-state index contributed by atoms with van der Waals surface area (Å²) < 4.78 is 0. The van der Waals surface area contributed by atoms with Gasteiger partial charge in [-0.3, -0.25) is 4.90 Å². The van der Waals surface area contributed by atoms with E-state index >= 15 is 0 Å². The van der Waals surface area contributed by atoms with Crippen molar-refractivity contribution in [2.45, 2.75) is 37.8 Å². The van der Waals surface area contributed by atoms with Crippen LogP contribution in [-0.2, 0) is 0 Å².